The van der Waals surface area contributed by atoms with Crippen LogP contribution in [-0.2, 0) is 6.61 Å². The predicted octanol–water partition coefficient (Wildman–Crippen LogP) is 5.38. The lowest BCUT2D eigenvalue weighted by molar-refractivity contribution is 0.0911. The van der Waals surface area contributed by atoms with Crippen LogP contribution in [0.5, 0.6) is 5.75 Å². The lowest BCUT2D eigenvalue weighted by Crippen LogP contribution is -2.54. The number of ether oxygens (including phenoxy) is 1. The second-order valence-corrected chi connectivity index (χ2v) is 9.30. The van der Waals surface area contributed by atoms with Crippen LogP contribution in [0.2, 0.25) is 5.02 Å². The Kier molecular flexibility index (Phi) is 7.97. The van der Waals surface area contributed by atoms with E-state index in [1.807, 2.05) is 0 Å². The summed E-state index contributed by atoms with van der Waals surface area (Å²) in [7, 11) is 0. The van der Waals surface area contributed by atoms with E-state index >= 15 is 0 Å². The zero-order valence-corrected chi connectivity index (χ0v) is 19.8. The molecule has 3 aromatic rings. The molecule has 3 N–H and O–H groups in total. The van der Waals surface area contributed by atoms with Crippen molar-refractivity contribution in [1.82, 2.24) is 15.6 Å². The van der Waals surface area contributed by atoms with E-state index in [9.17, 15) is 14.0 Å². The summed E-state index contributed by atoms with van der Waals surface area (Å²) in [5.41, 5.74) is 0.860. The summed E-state index contributed by atoms with van der Waals surface area (Å²) in [6.07, 6.45) is 3.43. The van der Waals surface area contributed by atoms with Gasteiger partial charge in [0.15, 0.2) is 11.6 Å². The molecule has 0 aliphatic heterocycles. The number of carbonyl (C=O) groups is 2. The predicted molar refractivity (Wildman–Crippen MR) is 130 cm³/mol. The SMILES string of the molecule is O=C(Nc1cccc(Cl)c1)NC1CCCCC1NC(=O)c1csc(COc2ccccc2F)n1. The maximum atomic E-state index is 13.7. The molecule has 0 saturated heterocycles. The third-order valence-corrected chi connectivity index (χ3v) is 6.51. The molecular weight excluding hydrogens is 479 g/mol. The third-order valence-electron chi connectivity index (χ3n) is 5.45. The van der Waals surface area contributed by atoms with Gasteiger partial charge in [-0.05, 0) is 43.2 Å². The van der Waals surface area contributed by atoms with Crippen molar-refractivity contribution in [3.8, 4) is 5.75 Å². The first-order valence-electron chi connectivity index (χ1n) is 10.9. The molecule has 1 aliphatic rings. The summed E-state index contributed by atoms with van der Waals surface area (Å²) < 4.78 is 19.2. The molecular formula is C24H24ClFN4O3S. The van der Waals surface area contributed by atoms with Gasteiger partial charge in [-0.1, -0.05) is 42.6 Å². The Labute approximate surface area is 205 Å². The van der Waals surface area contributed by atoms with Gasteiger partial charge in [0.1, 0.15) is 17.3 Å². The normalized spacial score (nSPS) is 17.6. The van der Waals surface area contributed by atoms with Crippen molar-refractivity contribution in [3.63, 3.8) is 0 Å². The van der Waals surface area contributed by atoms with Crippen molar-refractivity contribution < 1.29 is 18.7 Å². The molecule has 0 bridgehead atoms. The molecule has 2 atom stereocenters. The van der Waals surface area contributed by atoms with Crippen LogP contribution in [0.15, 0.2) is 53.9 Å². The number of thiazole rings is 1. The number of amides is 3. The number of rotatable bonds is 7. The number of aromatic nitrogens is 1. The van der Waals surface area contributed by atoms with E-state index in [1.165, 1.54) is 23.5 Å². The van der Waals surface area contributed by atoms with Gasteiger partial charge >= 0.3 is 6.03 Å². The van der Waals surface area contributed by atoms with Crippen molar-refractivity contribution >= 4 is 40.6 Å². The van der Waals surface area contributed by atoms with Crippen molar-refractivity contribution in [2.75, 3.05) is 5.32 Å². The molecule has 178 valence electrons. The minimum Gasteiger partial charge on any atom is -0.483 e. The fraction of sp³-hybridized carbons (Fsp3) is 0.292. The highest BCUT2D eigenvalue weighted by molar-refractivity contribution is 7.09. The van der Waals surface area contributed by atoms with E-state index in [1.54, 1.807) is 41.8 Å². The molecule has 1 aromatic heterocycles. The molecule has 3 amide bonds. The average molecular weight is 503 g/mol. The molecule has 34 heavy (non-hydrogen) atoms. The van der Waals surface area contributed by atoms with Crippen LogP contribution in [0, 0.1) is 5.82 Å². The molecule has 2 unspecified atom stereocenters. The van der Waals surface area contributed by atoms with Gasteiger partial charge < -0.3 is 20.7 Å². The molecule has 1 saturated carbocycles. The lowest BCUT2D eigenvalue weighted by atomic mass is 9.90. The van der Waals surface area contributed by atoms with Crippen LogP contribution >= 0.6 is 22.9 Å². The van der Waals surface area contributed by atoms with Gasteiger partial charge in [0.05, 0.1) is 6.04 Å². The van der Waals surface area contributed by atoms with Gasteiger partial charge in [-0.25, -0.2) is 14.2 Å². The second kappa shape index (κ2) is 11.3. The molecule has 1 fully saturated rings. The first-order chi connectivity index (χ1) is 16.5. The molecule has 7 nitrogen and oxygen atoms in total. The number of nitrogens with one attached hydrogen (secondary N) is 3. The van der Waals surface area contributed by atoms with Crippen molar-refractivity contribution in [1.29, 1.82) is 0 Å². The minimum atomic E-state index is -0.452. The Balaban J connectivity index is 1.32. The number of hydrogen-bond acceptors (Lipinski definition) is 5. The number of para-hydroxylation sites is 1. The summed E-state index contributed by atoms with van der Waals surface area (Å²) in [5.74, 6) is -0.634. The van der Waals surface area contributed by atoms with Gasteiger partial charge in [-0.3, -0.25) is 4.79 Å². The van der Waals surface area contributed by atoms with E-state index in [4.69, 9.17) is 16.3 Å². The van der Waals surface area contributed by atoms with Crippen LogP contribution in [-0.4, -0.2) is 29.0 Å². The molecule has 1 aliphatic carbocycles. The quantitative estimate of drug-likeness (QED) is 0.404. The number of halogens is 2. The number of carbonyl (C=O) groups excluding carboxylic acids is 2. The maximum Gasteiger partial charge on any atom is 0.319 e. The second-order valence-electron chi connectivity index (χ2n) is 7.93. The Hall–Kier alpha value is -3.17. The third kappa shape index (κ3) is 6.45. The standard InChI is InChI=1S/C24H24ClFN4O3S/c25-15-6-5-7-16(12-15)27-24(32)30-19-10-3-2-9-18(19)29-23(31)20-14-34-22(28-20)13-33-21-11-4-1-8-17(21)26/h1,4-8,11-12,14,18-19H,2-3,9-10,13H2,(H,29,31)(H2,27,30,32). The zero-order valence-electron chi connectivity index (χ0n) is 18.2. The van der Waals surface area contributed by atoms with E-state index in [-0.39, 0.29) is 42.1 Å². The number of urea groups is 1. The summed E-state index contributed by atoms with van der Waals surface area (Å²) >= 11 is 7.24. The summed E-state index contributed by atoms with van der Waals surface area (Å²) in [6, 6.07) is 12.2. The number of nitrogens with zero attached hydrogens (tertiary/aromatic N) is 1. The maximum absolute atomic E-state index is 13.7. The van der Waals surface area contributed by atoms with Gasteiger partial charge in [-0.15, -0.1) is 11.3 Å². The van der Waals surface area contributed by atoms with Gasteiger partial charge in [0.25, 0.3) is 5.91 Å². The number of anilines is 1. The van der Waals surface area contributed by atoms with Crippen LogP contribution < -0.4 is 20.7 Å². The van der Waals surface area contributed by atoms with Crippen molar-refractivity contribution in [2.45, 2.75) is 44.4 Å². The van der Waals surface area contributed by atoms with Crippen LogP contribution in [0.3, 0.4) is 0 Å². The molecule has 1 heterocycles. The Morgan fingerprint density at radius 2 is 1.85 bits per heavy atom. The van der Waals surface area contributed by atoms with Crippen molar-refractivity contribution in [2.24, 2.45) is 0 Å². The first-order valence-corrected chi connectivity index (χ1v) is 12.2. The number of benzene rings is 2. The summed E-state index contributed by atoms with van der Waals surface area (Å²) in [4.78, 5) is 29.6. The summed E-state index contributed by atoms with van der Waals surface area (Å²) in [6.45, 7) is 0.0656. The highest BCUT2D eigenvalue weighted by atomic mass is 35.5. The minimum absolute atomic E-state index is 0.0656. The Morgan fingerprint density at radius 3 is 2.62 bits per heavy atom. The van der Waals surface area contributed by atoms with E-state index in [0.717, 1.165) is 25.7 Å². The smallest absolute Gasteiger partial charge is 0.319 e. The van der Waals surface area contributed by atoms with Crippen LogP contribution in [0.25, 0.3) is 0 Å². The average Bonchev–Trinajstić information content (AvgIpc) is 3.29. The van der Waals surface area contributed by atoms with Gasteiger partial charge in [0, 0.05) is 22.1 Å². The lowest BCUT2D eigenvalue weighted by Gasteiger charge is -2.32. The Bertz CT molecular complexity index is 1160. The fourth-order valence-corrected chi connectivity index (χ4v) is 4.68. The van der Waals surface area contributed by atoms with Crippen molar-refractivity contribution in [3.05, 3.63) is 75.5 Å². The van der Waals surface area contributed by atoms with Gasteiger partial charge in [0.2, 0.25) is 0 Å². The van der Waals surface area contributed by atoms with E-state index in [2.05, 4.69) is 20.9 Å². The largest absolute Gasteiger partial charge is 0.483 e. The van der Waals surface area contributed by atoms with Crippen LogP contribution in [0.1, 0.15) is 41.2 Å². The molecule has 0 radical (unpaired) electrons. The zero-order chi connectivity index (χ0) is 23.9. The number of hydrogen-bond donors (Lipinski definition) is 3. The molecule has 0 spiro atoms. The Morgan fingerprint density at radius 1 is 1.09 bits per heavy atom. The molecule has 10 heteroatoms. The summed E-state index contributed by atoms with van der Waals surface area (Å²) in [5, 5.41) is 11.5. The highest BCUT2D eigenvalue weighted by Gasteiger charge is 2.28. The van der Waals surface area contributed by atoms with Crippen LogP contribution in [0.4, 0.5) is 14.9 Å². The highest BCUT2D eigenvalue weighted by Crippen LogP contribution is 2.22. The van der Waals surface area contributed by atoms with Gasteiger partial charge in [-0.2, -0.15) is 0 Å². The fourth-order valence-electron chi connectivity index (χ4n) is 3.80. The van der Waals surface area contributed by atoms with E-state index in [0.29, 0.717) is 15.7 Å². The molecule has 4 rings (SSSR count). The topological polar surface area (TPSA) is 92.4 Å². The first kappa shape index (κ1) is 24.0. The molecule has 2 aromatic carbocycles. The monoisotopic (exact) mass is 502 g/mol. The van der Waals surface area contributed by atoms with E-state index < -0.39 is 5.82 Å².